The molecule has 0 bridgehead atoms. The Bertz CT molecular complexity index is 222. The van der Waals surface area contributed by atoms with Gasteiger partial charge in [0.1, 0.15) is 0 Å². The minimum absolute atomic E-state index is 0.119. The minimum atomic E-state index is 0.119. The van der Waals surface area contributed by atoms with Gasteiger partial charge in [-0.25, -0.2) is 0 Å². The van der Waals surface area contributed by atoms with E-state index in [0.717, 1.165) is 12.6 Å². The van der Waals surface area contributed by atoms with E-state index in [1.54, 1.807) is 0 Å². The van der Waals surface area contributed by atoms with E-state index in [-0.39, 0.29) is 5.60 Å². The highest BCUT2D eigenvalue weighted by molar-refractivity contribution is 4.84. The molecule has 0 radical (unpaired) electrons. The van der Waals surface area contributed by atoms with Gasteiger partial charge in [0.2, 0.25) is 0 Å². The van der Waals surface area contributed by atoms with Gasteiger partial charge < -0.3 is 15.0 Å². The van der Waals surface area contributed by atoms with Gasteiger partial charge in [-0.1, -0.05) is 0 Å². The Morgan fingerprint density at radius 3 is 2.44 bits per heavy atom. The molecule has 0 aliphatic carbocycles. The summed E-state index contributed by atoms with van der Waals surface area (Å²) in [5, 5.41) is 3.37. The van der Waals surface area contributed by atoms with Crippen LogP contribution in [0.4, 0.5) is 0 Å². The standard InChI is InChI=1S/C13H26N2O/c1-13(2)7-4-12(16-13)10-15-8-5-11(14-3)6-9-15/h11-12,14H,4-10H2,1-3H3. The lowest BCUT2D eigenvalue weighted by Crippen LogP contribution is -2.44. The Balaban J connectivity index is 1.71. The molecule has 0 spiro atoms. The van der Waals surface area contributed by atoms with Crippen molar-refractivity contribution < 1.29 is 4.74 Å². The van der Waals surface area contributed by atoms with Crippen molar-refractivity contribution in [2.75, 3.05) is 26.7 Å². The fraction of sp³-hybridized carbons (Fsp3) is 1.00. The van der Waals surface area contributed by atoms with Crippen molar-refractivity contribution in [3.63, 3.8) is 0 Å². The molecule has 0 aromatic rings. The largest absolute Gasteiger partial charge is 0.371 e. The molecule has 2 aliphatic rings. The minimum Gasteiger partial charge on any atom is -0.371 e. The Labute approximate surface area is 99.5 Å². The molecule has 0 aromatic carbocycles. The predicted octanol–water partition coefficient (Wildman–Crippen LogP) is 1.63. The van der Waals surface area contributed by atoms with Crippen LogP contribution in [0, 0.1) is 0 Å². The number of hydrogen-bond donors (Lipinski definition) is 1. The molecule has 1 N–H and O–H groups in total. The van der Waals surface area contributed by atoms with Crippen molar-refractivity contribution >= 4 is 0 Å². The number of ether oxygens (including phenoxy) is 1. The first kappa shape index (κ1) is 12.3. The van der Waals surface area contributed by atoms with Crippen molar-refractivity contribution in [2.45, 2.75) is 57.3 Å². The van der Waals surface area contributed by atoms with Crippen LogP contribution in [-0.2, 0) is 4.74 Å². The zero-order valence-corrected chi connectivity index (χ0v) is 11.0. The van der Waals surface area contributed by atoms with Gasteiger partial charge in [-0.2, -0.15) is 0 Å². The average Bonchev–Trinajstić information content (AvgIpc) is 2.59. The number of likely N-dealkylation sites (tertiary alicyclic amines) is 1. The van der Waals surface area contributed by atoms with E-state index >= 15 is 0 Å². The van der Waals surface area contributed by atoms with Crippen molar-refractivity contribution in [1.82, 2.24) is 10.2 Å². The SMILES string of the molecule is CNC1CCN(CC2CCC(C)(C)O2)CC1. The van der Waals surface area contributed by atoms with Crippen LogP contribution in [0.1, 0.15) is 39.5 Å². The number of nitrogens with zero attached hydrogens (tertiary/aromatic N) is 1. The fourth-order valence-electron chi connectivity index (χ4n) is 2.90. The zero-order chi connectivity index (χ0) is 11.6. The third-order valence-electron chi connectivity index (χ3n) is 4.01. The summed E-state index contributed by atoms with van der Waals surface area (Å²) in [5.41, 5.74) is 0.119. The second kappa shape index (κ2) is 5.03. The molecule has 16 heavy (non-hydrogen) atoms. The summed E-state index contributed by atoms with van der Waals surface area (Å²) < 4.78 is 6.05. The Kier molecular flexibility index (Phi) is 3.88. The number of nitrogens with one attached hydrogen (secondary N) is 1. The lowest BCUT2D eigenvalue weighted by Gasteiger charge is -2.33. The predicted molar refractivity (Wildman–Crippen MR) is 66.7 cm³/mol. The molecule has 1 unspecified atom stereocenters. The van der Waals surface area contributed by atoms with E-state index < -0.39 is 0 Å². The number of hydrogen-bond acceptors (Lipinski definition) is 3. The van der Waals surface area contributed by atoms with Crippen LogP contribution < -0.4 is 5.32 Å². The van der Waals surface area contributed by atoms with Crippen LogP contribution in [0.5, 0.6) is 0 Å². The van der Waals surface area contributed by atoms with Crippen molar-refractivity contribution in [3.8, 4) is 0 Å². The second-order valence-electron chi connectivity index (χ2n) is 5.90. The number of rotatable bonds is 3. The summed E-state index contributed by atoms with van der Waals surface area (Å²) in [7, 11) is 2.07. The summed E-state index contributed by atoms with van der Waals surface area (Å²) in [6, 6.07) is 0.734. The van der Waals surface area contributed by atoms with Crippen LogP contribution >= 0.6 is 0 Å². The van der Waals surface area contributed by atoms with Crippen molar-refractivity contribution in [1.29, 1.82) is 0 Å². The van der Waals surface area contributed by atoms with Crippen molar-refractivity contribution in [2.24, 2.45) is 0 Å². The summed E-state index contributed by atoms with van der Waals surface area (Å²) >= 11 is 0. The molecule has 3 heteroatoms. The van der Waals surface area contributed by atoms with Gasteiger partial charge >= 0.3 is 0 Å². The summed E-state index contributed by atoms with van der Waals surface area (Å²) in [5.74, 6) is 0. The topological polar surface area (TPSA) is 24.5 Å². The van der Waals surface area contributed by atoms with Crippen LogP contribution in [-0.4, -0.2) is 49.3 Å². The first-order valence-electron chi connectivity index (χ1n) is 6.66. The Hall–Kier alpha value is -0.120. The second-order valence-corrected chi connectivity index (χ2v) is 5.90. The summed E-state index contributed by atoms with van der Waals surface area (Å²) in [6.07, 6.45) is 5.49. The molecule has 0 aromatic heterocycles. The quantitative estimate of drug-likeness (QED) is 0.791. The molecular weight excluding hydrogens is 200 g/mol. The molecule has 2 fully saturated rings. The average molecular weight is 226 g/mol. The van der Waals surface area contributed by atoms with E-state index in [0.29, 0.717) is 6.10 Å². The molecule has 2 heterocycles. The van der Waals surface area contributed by atoms with E-state index in [1.165, 1.54) is 38.8 Å². The highest BCUT2D eigenvalue weighted by atomic mass is 16.5. The Morgan fingerprint density at radius 2 is 1.94 bits per heavy atom. The van der Waals surface area contributed by atoms with Gasteiger partial charge in [0.25, 0.3) is 0 Å². The molecule has 0 amide bonds. The van der Waals surface area contributed by atoms with Crippen LogP contribution in [0.2, 0.25) is 0 Å². The first-order valence-corrected chi connectivity index (χ1v) is 6.66. The highest BCUT2D eigenvalue weighted by Gasteiger charge is 2.33. The maximum absolute atomic E-state index is 6.05. The van der Waals surface area contributed by atoms with Gasteiger partial charge in [-0.15, -0.1) is 0 Å². The number of piperidine rings is 1. The lowest BCUT2D eigenvalue weighted by molar-refractivity contribution is -0.0312. The van der Waals surface area contributed by atoms with E-state index in [2.05, 4.69) is 31.1 Å². The third kappa shape index (κ3) is 3.19. The van der Waals surface area contributed by atoms with E-state index in [9.17, 15) is 0 Å². The maximum Gasteiger partial charge on any atom is 0.0710 e. The van der Waals surface area contributed by atoms with Crippen LogP contribution in [0.3, 0.4) is 0 Å². The van der Waals surface area contributed by atoms with Crippen molar-refractivity contribution in [3.05, 3.63) is 0 Å². The normalized spacial score (nSPS) is 32.1. The molecule has 0 saturated carbocycles. The Morgan fingerprint density at radius 1 is 1.25 bits per heavy atom. The lowest BCUT2D eigenvalue weighted by atomic mass is 10.0. The zero-order valence-electron chi connectivity index (χ0n) is 11.0. The first-order chi connectivity index (χ1) is 7.59. The van der Waals surface area contributed by atoms with E-state index in [4.69, 9.17) is 4.74 Å². The summed E-state index contributed by atoms with van der Waals surface area (Å²) in [4.78, 5) is 2.57. The van der Waals surface area contributed by atoms with Gasteiger partial charge in [0.15, 0.2) is 0 Å². The van der Waals surface area contributed by atoms with Crippen LogP contribution in [0.25, 0.3) is 0 Å². The maximum atomic E-state index is 6.05. The van der Waals surface area contributed by atoms with Gasteiger partial charge in [0.05, 0.1) is 11.7 Å². The monoisotopic (exact) mass is 226 g/mol. The molecule has 94 valence electrons. The van der Waals surface area contributed by atoms with Gasteiger partial charge in [-0.3, -0.25) is 0 Å². The fourth-order valence-corrected chi connectivity index (χ4v) is 2.90. The molecule has 2 aliphatic heterocycles. The highest BCUT2D eigenvalue weighted by Crippen LogP contribution is 2.30. The third-order valence-corrected chi connectivity index (χ3v) is 4.01. The molecular formula is C13H26N2O. The smallest absolute Gasteiger partial charge is 0.0710 e. The molecule has 1 atom stereocenters. The van der Waals surface area contributed by atoms with Gasteiger partial charge in [0, 0.05) is 12.6 Å². The van der Waals surface area contributed by atoms with E-state index in [1.807, 2.05) is 0 Å². The molecule has 2 saturated heterocycles. The molecule has 2 rings (SSSR count). The summed E-state index contributed by atoms with van der Waals surface area (Å²) in [6.45, 7) is 8.01. The van der Waals surface area contributed by atoms with Gasteiger partial charge in [-0.05, 0) is 59.7 Å². The molecule has 3 nitrogen and oxygen atoms in total. The van der Waals surface area contributed by atoms with Crippen LogP contribution in [0.15, 0.2) is 0 Å².